The highest BCUT2D eigenvalue weighted by Gasteiger charge is 2.09. The van der Waals surface area contributed by atoms with E-state index in [1.54, 1.807) is 10.7 Å². The molecule has 2 N–H and O–H groups in total. The predicted molar refractivity (Wildman–Crippen MR) is 71.0 cm³/mol. The van der Waals surface area contributed by atoms with Crippen molar-refractivity contribution in [1.29, 1.82) is 0 Å². The molecule has 0 atom stereocenters. The lowest BCUT2D eigenvalue weighted by atomic mass is 10.3. The predicted octanol–water partition coefficient (Wildman–Crippen LogP) is 2.26. The van der Waals surface area contributed by atoms with Crippen LogP contribution in [0.2, 0.25) is 0 Å². The molecular weight excluding hydrogens is 228 g/mol. The van der Waals surface area contributed by atoms with Crippen LogP contribution in [0, 0.1) is 13.8 Å². The molecule has 0 aromatic carbocycles. The molecule has 0 saturated carbocycles. The van der Waals surface area contributed by atoms with E-state index in [4.69, 9.17) is 10.5 Å². The van der Waals surface area contributed by atoms with E-state index in [1.807, 2.05) is 32.9 Å². The summed E-state index contributed by atoms with van der Waals surface area (Å²) in [6.45, 7) is 6.60. The SMILES string of the molecule is CCCOc1nc(-n2nc(C)cc2C)ccc1N. The topological polar surface area (TPSA) is 66.0 Å². The molecular formula is C13H18N4O. The highest BCUT2D eigenvalue weighted by Crippen LogP contribution is 2.21. The van der Waals surface area contributed by atoms with Crippen LogP contribution in [0.1, 0.15) is 24.7 Å². The normalized spacial score (nSPS) is 10.6. The molecule has 0 aliphatic rings. The van der Waals surface area contributed by atoms with Crippen LogP contribution in [0.25, 0.3) is 5.82 Å². The third-order valence-electron chi connectivity index (χ3n) is 2.54. The molecule has 5 heteroatoms. The second-order valence-corrected chi connectivity index (χ2v) is 4.25. The Hall–Kier alpha value is -2.04. The summed E-state index contributed by atoms with van der Waals surface area (Å²) >= 11 is 0. The van der Waals surface area contributed by atoms with Crippen molar-refractivity contribution in [2.75, 3.05) is 12.3 Å². The fourth-order valence-electron chi connectivity index (χ4n) is 1.73. The minimum Gasteiger partial charge on any atom is -0.476 e. The molecule has 0 aliphatic carbocycles. The smallest absolute Gasteiger partial charge is 0.239 e. The Kier molecular flexibility index (Phi) is 3.50. The third-order valence-corrected chi connectivity index (χ3v) is 2.54. The summed E-state index contributed by atoms with van der Waals surface area (Å²) < 4.78 is 7.30. The number of hydrogen-bond donors (Lipinski definition) is 1. The summed E-state index contributed by atoms with van der Waals surface area (Å²) in [7, 11) is 0. The number of nitrogens with zero attached hydrogens (tertiary/aromatic N) is 3. The van der Waals surface area contributed by atoms with Crippen molar-refractivity contribution in [3.63, 3.8) is 0 Å². The molecule has 2 aromatic heterocycles. The number of nitrogens with two attached hydrogens (primary N) is 1. The van der Waals surface area contributed by atoms with Crippen LogP contribution in [0.4, 0.5) is 5.69 Å². The van der Waals surface area contributed by atoms with Gasteiger partial charge in [0.2, 0.25) is 5.88 Å². The van der Waals surface area contributed by atoms with Gasteiger partial charge in [-0.2, -0.15) is 10.1 Å². The van der Waals surface area contributed by atoms with E-state index in [9.17, 15) is 0 Å². The van der Waals surface area contributed by atoms with Crippen molar-refractivity contribution in [2.45, 2.75) is 27.2 Å². The van der Waals surface area contributed by atoms with E-state index < -0.39 is 0 Å². The zero-order valence-electron chi connectivity index (χ0n) is 11.0. The lowest BCUT2D eigenvalue weighted by Crippen LogP contribution is -2.06. The fourth-order valence-corrected chi connectivity index (χ4v) is 1.73. The van der Waals surface area contributed by atoms with Crippen LogP contribution < -0.4 is 10.5 Å². The van der Waals surface area contributed by atoms with E-state index >= 15 is 0 Å². The number of anilines is 1. The molecule has 18 heavy (non-hydrogen) atoms. The van der Waals surface area contributed by atoms with Gasteiger partial charge in [-0.3, -0.25) is 0 Å². The standard InChI is InChI=1S/C13H18N4O/c1-4-7-18-13-11(14)5-6-12(15-13)17-10(3)8-9(2)16-17/h5-6,8H,4,7,14H2,1-3H3. The van der Waals surface area contributed by atoms with Crippen LogP contribution in [0.5, 0.6) is 5.88 Å². The largest absolute Gasteiger partial charge is 0.476 e. The molecule has 0 unspecified atom stereocenters. The van der Waals surface area contributed by atoms with Crippen LogP contribution in [-0.2, 0) is 0 Å². The second kappa shape index (κ2) is 5.08. The molecule has 2 heterocycles. The summed E-state index contributed by atoms with van der Waals surface area (Å²) in [5.74, 6) is 1.20. The molecule has 0 aliphatic heterocycles. The van der Waals surface area contributed by atoms with Gasteiger partial charge in [0.1, 0.15) is 0 Å². The lowest BCUT2D eigenvalue weighted by Gasteiger charge is -2.09. The molecule has 5 nitrogen and oxygen atoms in total. The number of rotatable bonds is 4. The first-order chi connectivity index (χ1) is 8.61. The number of aryl methyl sites for hydroxylation is 2. The van der Waals surface area contributed by atoms with E-state index in [1.165, 1.54) is 0 Å². The van der Waals surface area contributed by atoms with Gasteiger partial charge in [-0.25, -0.2) is 4.68 Å². The highest BCUT2D eigenvalue weighted by molar-refractivity contribution is 5.50. The second-order valence-electron chi connectivity index (χ2n) is 4.25. The Morgan fingerprint density at radius 3 is 2.72 bits per heavy atom. The Morgan fingerprint density at radius 2 is 2.11 bits per heavy atom. The van der Waals surface area contributed by atoms with E-state index in [0.29, 0.717) is 18.2 Å². The summed E-state index contributed by atoms with van der Waals surface area (Å²) in [5, 5.41) is 4.39. The quantitative estimate of drug-likeness (QED) is 0.898. The van der Waals surface area contributed by atoms with Gasteiger partial charge in [0.25, 0.3) is 0 Å². The van der Waals surface area contributed by atoms with Crippen LogP contribution in [-0.4, -0.2) is 21.4 Å². The third kappa shape index (κ3) is 2.45. The average molecular weight is 246 g/mol. The van der Waals surface area contributed by atoms with Gasteiger partial charge in [0.15, 0.2) is 5.82 Å². The van der Waals surface area contributed by atoms with E-state index in [2.05, 4.69) is 10.1 Å². The zero-order valence-corrected chi connectivity index (χ0v) is 11.0. The number of ether oxygens (including phenoxy) is 1. The van der Waals surface area contributed by atoms with Gasteiger partial charge in [0, 0.05) is 5.69 Å². The van der Waals surface area contributed by atoms with Gasteiger partial charge in [-0.15, -0.1) is 0 Å². The maximum absolute atomic E-state index is 5.83. The summed E-state index contributed by atoms with van der Waals surface area (Å²) in [6, 6.07) is 5.64. The fraction of sp³-hybridized carbons (Fsp3) is 0.385. The van der Waals surface area contributed by atoms with Gasteiger partial charge in [0.05, 0.1) is 18.0 Å². The maximum Gasteiger partial charge on any atom is 0.239 e. The number of nitrogen functional groups attached to an aromatic ring is 1. The van der Waals surface area contributed by atoms with Crippen LogP contribution in [0.3, 0.4) is 0 Å². The van der Waals surface area contributed by atoms with Gasteiger partial charge in [-0.05, 0) is 38.5 Å². The van der Waals surface area contributed by atoms with Crippen molar-refractivity contribution >= 4 is 5.69 Å². The summed E-state index contributed by atoms with van der Waals surface area (Å²) in [5.41, 5.74) is 8.38. The minimum atomic E-state index is 0.474. The summed E-state index contributed by atoms with van der Waals surface area (Å²) in [4.78, 5) is 4.41. The first-order valence-corrected chi connectivity index (χ1v) is 6.04. The molecule has 0 bridgehead atoms. The van der Waals surface area contributed by atoms with Crippen molar-refractivity contribution in [3.05, 3.63) is 29.6 Å². The molecule has 0 saturated heterocycles. The van der Waals surface area contributed by atoms with Crippen molar-refractivity contribution in [1.82, 2.24) is 14.8 Å². The summed E-state index contributed by atoms with van der Waals surface area (Å²) in [6.07, 6.45) is 0.922. The van der Waals surface area contributed by atoms with E-state index in [0.717, 1.165) is 23.6 Å². The maximum atomic E-state index is 5.83. The van der Waals surface area contributed by atoms with Gasteiger partial charge in [-0.1, -0.05) is 6.92 Å². The Labute approximate surface area is 107 Å². The van der Waals surface area contributed by atoms with Crippen molar-refractivity contribution < 1.29 is 4.74 Å². The average Bonchev–Trinajstić information content (AvgIpc) is 2.67. The van der Waals surface area contributed by atoms with Gasteiger partial charge >= 0.3 is 0 Å². The molecule has 96 valence electrons. The molecule has 0 amide bonds. The zero-order chi connectivity index (χ0) is 13.1. The Balaban J connectivity index is 2.37. The minimum absolute atomic E-state index is 0.474. The number of aromatic nitrogens is 3. The Bertz CT molecular complexity index is 548. The van der Waals surface area contributed by atoms with Crippen LogP contribution >= 0.6 is 0 Å². The Morgan fingerprint density at radius 1 is 1.33 bits per heavy atom. The molecule has 0 spiro atoms. The highest BCUT2D eigenvalue weighted by atomic mass is 16.5. The molecule has 2 aromatic rings. The lowest BCUT2D eigenvalue weighted by molar-refractivity contribution is 0.306. The molecule has 0 fully saturated rings. The van der Waals surface area contributed by atoms with Gasteiger partial charge < -0.3 is 10.5 Å². The van der Waals surface area contributed by atoms with Crippen molar-refractivity contribution in [3.8, 4) is 11.7 Å². The van der Waals surface area contributed by atoms with Crippen molar-refractivity contribution in [2.24, 2.45) is 0 Å². The van der Waals surface area contributed by atoms with Crippen LogP contribution in [0.15, 0.2) is 18.2 Å². The first-order valence-electron chi connectivity index (χ1n) is 6.04. The molecule has 0 radical (unpaired) electrons. The monoisotopic (exact) mass is 246 g/mol. The number of hydrogen-bond acceptors (Lipinski definition) is 4. The van der Waals surface area contributed by atoms with E-state index in [-0.39, 0.29) is 0 Å². The molecule has 2 rings (SSSR count). The number of pyridine rings is 1. The first kappa shape index (κ1) is 12.4.